The minimum atomic E-state index is -0.490. The van der Waals surface area contributed by atoms with Gasteiger partial charge in [0.2, 0.25) is 5.88 Å². The van der Waals surface area contributed by atoms with Crippen molar-refractivity contribution < 1.29 is 14.5 Å². The zero-order valence-corrected chi connectivity index (χ0v) is 14.1. The molecule has 1 saturated heterocycles. The van der Waals surface area contributed by atoms with Crippen molar-refractivity contribution in [3.8, 4) is 11.9 Å². The number of benzene rings is 1. The lowest BCUT2D eigenvalue weighted by atomic mass is 10.1. The average Bonchev–Trinajstić information content (AvgIpc) is 3.09. The number of hydrogen-bond acceptors (Lipinski definition) is 6. The smallest absolute Gasteiger partial charge is 0.273 e. The van der Waals surface area contributed by atoms with Crippen LogP contribution in [0.4, 0.5) is 5.69 Å². The minimum Gasteiger partial charge on any atom is -0.472 e. The molecular formula is C18H16N4O4. The average molecular weight is 352 g/mol. The Balaban J connectivity index is 1.71. The van der Waals surface area contributed by atoms with Crippen molar-refractivity contribution in [3.05, 3.63) is 63.3 Å². The van der Waals surface area contributed by atoms with Crippen molar-refractivity contribution in [2.45, 2.75) is 19.4 Å². The van der Waals surface area contributed by atoms with Gasteiger partial charge in [-0.2, -0.15) is 5.26 Å². The Labute approximate surface area is 149 Å². The second-order valence-corrected chi connectivity index (χ2v) is 5.98. The molecule has 0 aliphatic carbocycles. The summed E-state index contributed by atoms with van der Waals surface area (Å²) in [6.07, 6.45) is 1.88. The Kier molecular flexibility index (Phi) is 4.80. The highest BCUT2D eigenvalue weighted by molar-refractivity contribution is 5.96. The monoisotopic (exact) mass is 352 g/mol. The van der Waals surface area contributed by atoms with Gasteiger partial charge in [0, 0.05) is 42.4 Å². The molecule has 3 rings (SSSR count). The van der Waals surface area contributed by atoms with Crippen molar-refractivity contribution in [1.82, 2.24) is 9.88 Å². The van der Waals surface area contributed by atoms with Gasteiger partial charge in [-0.3, -0.25) is 14.9 Å². The first-order valence-corrected chi connectivity index (χ1v) is 8.05. The second kappa shape index (κ2) is 7.19. The summed E-state index contributed by atoms with van der Waals surface area (Å²) in [5.41, 5.74) is 1.06. The van der Waals surface area contributed by atoms with Gasteiger partial charge in [-0.1, -0.05) is 6.07 Å². The molecular weight excluding hydrogens is 336 g/mol. The topological polar surface area (TPSA) is 109 Å². The fraction of sp³-hybridized carbons (Fsp3) is 0.278. The fourth-order valence-corrected chi connectivity index (χ4v) is 2.95. The Bertz CT molecular complexity index is 906. The van der Waals surface area contributed by atoms with Gasteiger partial charge >= 0.3 is 0 Å². The summed E-state index contributed by atoms with van der Waals surface area (Å²) in [5, 5.41) is 20.0. The number of pyridine rings is 1. The molecule has 132 valence electrons. The van der Waals surface area contributed by atoms with Gasteiger partial charge in [-0.15, -0.1) is 0 Å². The summed E-state index contributed by atoms with van der Waals surface area (Å²) in [6, 6.07) is 9.65. The summed E-state index contributed by atoms with van der Waals surface area (Å²) in [6.45, 7) is 2.43. The predicted molar refractivity (Wildman–Crippen MR) is 91.7 cm³/mol. The summed E-state index contributed by atoms with van der Waals surface area (Å²) < 4.78 is 5.76. The molecule has 0 spiro atoms. The maximum atomic E-state index is 12.7. The van der Waals surface area contributed by atoms with E-state index in [9.17, 15) is 14.9 Å². The van der Waals surface area contributed by atoms with Crippen LogP contribution in [0.25, 0.3) is 0 Å². The first-order chi connectivity index (χ1) is 12.5. The van der Waals surface area contributed by atoms with E-state index in [-0.39, 0.29) is 17.7 Å². The lowest BCUT2D eigenvalue weighted by Crippen LogP contribution is -2.31. The quantitative estimate of drug-likeness (QED) is 0.617. The van der Waals surface area contributed by atoms with Crippen LogP contribution < -0.4 is 4.74 Å². The zero-order chi connectivity index (χ0) is 18.7. The number of nitro groups is 1. The molecule has 0 bridgehead atoms. The molecule has 0 radical (unpaired) electrons. The van der Waals surface area contributed by atoms with Crippen LogP contribution >= 0.6 is 0 Å². The molecule has 0 saturated carbocycles. The van der Waals surface area contributed by atoms with Gasteiger partial charge < -0.3 is 9.64 Å². The molecule has 1 unspecified atom stereocenters. The number of carbonyl (C=O) groups excluding carboxylic acids is 1. The number of likely N-dealkylation sites (tertiary alicyclic amines) is 1. The third kappa shape index (κ3) is 3.47. The zero-order valence-electron chi connectivity index (χ0n) is 14.1. The first kappa shape index (κ1) is 17.4. The number of nitro benzene ring substituents is 1. The third-order valence-corrected chi connectivity index (χ3v) is 4.32. The number of ether oxygens (including phenoxy) is 1. The molecule has 8 nitrogen and oxygen atoms in total. The normalized spacial score (nSPS) is 16.2. The van der Waals surface area contributed by atoms with Crippen molar-refractivity contribution in [1.29, 1.82) is 5.26 Å². The Morgan fingerprint density at radius 1 is 1.46 bits per heavy atom. The summed E-state index contributed by atoms with van der Waals surface area (Å²) >= 11 is 0. The largest absolute Gasteiger partial charge is 0.472 e. The molecule has 1 aliphatic rings. The van der Waals surface area contributed by atoms with E-state index in [1.54, 1.807) is 30.0 Å². The number of carbonyl (C=O) groups is 1. The van der Waals surface area contributed by atoms with Crippen molar-refractivity contribution in [3.63, 3.8) is 0 Å². The number of nitriles is 1. The van der Waals surface area contributed by atoms with Crippen LogP contribution in [0.5, 0.6) is 5.88 Å². The van der Waals surface area contributed by atoms with Gasteiger partial charge in [-0.05, 0) is 19.1 Å². The van der Waals surface area contributed by atoms with Crippen LogP contribution in [-0.2, 0) is 0 Å². The van der Waals surface area contributed by atoms with E-state index in [0.29, 0.717) is 42.1 Å². The minimum absolute atomic E-state index is 0.0691. The molecule has 0 N–H and O–H groups in total. The van der Waals surface area contributed by atoms with E-state index >= 15 is 0 Å². The van der Waals surface area contributed by atoms with E-state index in [4.69, 9.17) is 10.00 Å². The van der Waals surface area contributed by atoms with Crippen molar-refractivity contribution in [2.75, 3.05) is 13.1 Å². The van der Waals surface area contributed by atoms with Gasteiger partial charge in [0.15, 0.2) is 0 Å². The van der Waals surface area contributed by atoms with Crippen LogP contribution in [0.3, 0.4) is 0 Å². The first-order valence-electron chi connectivity index (χ1n) is 8.05. The molecule has 1 fully saturated rings. The summed E-state index contributed by atoms with van der Waals surface area (Å²) in [4.78, 5) is 29.0. The molecule has 1 aliphatic heterocycles. The number of nitrogens with zero attached hydrogens (tertiary/aromatic N) is 4. The van der Waals surface area contributed by atoms with Crippen LogP contribution in [-0.4, -0.2) is 39.9 Å². The van der Waals surface area contributed by atoms with Crippen LogP contribution in [0.15, 0.2) is 36.5 Å². The molecule has 26 heavy (non-hydrogen) atoms. The maximum Gasteiger partial charge on any atom is 0.273 e. The van der Waals surface area contributed by atoms with E-state index in [1.807, 2.05) is 6.07 Å². The highest BCUT2D eigenvalue weighted by Gasteiger charge is 2.30. The molecule has 1 atom stereocenters. The maximum absolute atomic E-state index is 12.7. The highest BCUT2D eigenvalue weighted by atomic mass is 16.6. The lowest BCUT2D eigenvalue weighted by Gasteiger charge is -2.18. The molecule has 8 heteroatoms. The Morgan fingerprint density at radius 2 is 2.27 bits per heavy atom. The van der Waals surface area contributed by atoms with Gasteiger partial charge in [-0.25, -0.2) is 4.98 Å². The van der Waals surface area contributed by atoms with E-state index in [0.717, 1.165) is 0 Å². The number of hydrogen-bond donors (Lipinski definition) is 0. The fourth-order valence-electron chi connectivity index (χ4n) is 2.95. The summed E-state index contributed by atoms with van der Waals surface area (Å²) in [5.74, 6) is 0.0888. The standard InChI is InChI=1S/C18H16N4O4/c1-12-15(3-2-4-16(12)22(24)25)18(23)21-8-6-14(11-21)26-17-9-13(10-19)5-7-20-17/h2-5,7,9,14H,6,8,11H2,1H3. The summed E-state index contributed by atoms with van der Waals surface area (Å²) in [7, 11) is 0. The van der Waals surface area contributed by atoms with E-state index in [1.165, 1.54) is 18.3 Å². The van der Waals surface area contributed by atoms with Crippen LogP contribution in [0, 0.1) is 28.4 Å². The SMILES string of the molecule is Cc1c(C(=O)N2CCC(Oc3cc(C#N)ccn3)C2)cccc1[N+](=O)[O-]. The molecule has 1 amide bonds. The molecule has 1 aromatic carbocycles. The highest BCUT2D eigenvalue weighted by Crippen LogP contribution is 2.24. The Hall–Kier alpha value is -3.47. The molecule has 2 heterocycles. The predicted octanol–water partition coefficient (Wildman–Crippen LogP) is 2.46. The van der Waals surface area contributed by atoms with Crippen LogP contribution in [0.2, 0.25) is 0 Å². The number of amides is 1. The Morgan fingerprint density at radius 3 is 3.00 bits per heavy atom. The van der Waals surface area contributed by atoms with Crippen LogP contribution in [0.1, 0.15) is 27.9 Å². The van der Waals surface area contributed by atoms with Crippen molar-refractivity contribution in [2.24, 2.45) is 0 Å². The third-order valence-electron chi connectivity index (χ3n) is 4.32. The lowest BCUT2D eigenvalue weighted by molar-refractivity contribution is -0.385. The molecule has 2 aromatic rings. The van der Waals surface area contributed by atoms with Crippen molar-refractivity contribution >= 4 is 11.6 Å². The second-order valence-electron chi connectivity index (χ2n) is 5.98. The van der Waals surface area contributed by atoms with Gasteiger partial charge in [0.05, 0.1) is 23.1 Å². The molecule has 1 aromatic heterocycles. The number of aromatic nitrogens is 1. The van der Waals surface area contributed by atoms with E-state index in [2.05, 4.69) is 4.98 Å². The number of rotatable bonds is 4. The van der Waals surface area contributed by atoms with Gasteiger partial charge in [0.1, 0.15) is 6.10 Å². The van der Waals surface area contributed by atoms with E-state index < -0.39 is 4.92 Å². The van der Waals surface area contributed by atoms with Gasteiger partial charge in [0.25, 0.3) is 11.6 Å².